The van der Waals surface area contributed by atoms with Crippen LogP contribution >= 0.6 is 0 Å². The average molecular weight is 278 g/mol. The first-order valence-corrected chi connectivity index (χ1v) is 6.51. The first-order chi connectivity index (χ1) is 9.63. The Hall–Kier alpha value is -2.15. The van der Waals surface area contributed by atoms with Gasteiger partial charge in [0.15, 0.2) is 0 Å². The number of hydrogen-bond donors (Lipinski definition) is 2. The summed E-state index contributed by atoms with van der Waals surface area (Å²) in [5.74, 6) is -0.499. The molecule has 3 N–H and O–H groups in total. The third kappa shape index (κ3) is 3.05. The highest BCUT2D eigenvalue weighted by Crippen LogP contribution is 2.12. The minimum absolute atomic E-state index is 0.201. The van der Waals surface area contributed by atoms with Crippen molar-refractivity contribution in [2.24, 2.45) is 0 Å². The first-order valence-electron chi connectivity index (χ1n) is 6.51. The molecule has 20 heavy (non-hydrogen) atoms. The number of nitrogens with two attached hydrogens (primary N) is 1. The molecule has 2 rings (SSSR count). The van der Waals surface area contributed by atoms with Gasteiger partial charge in [0.1, 0.15) is 11.7 Å². The molecular weight excluding hydrogens is 260 g/mol. The van der Waals surface area contributed by atoms with Crippen molar-refractivity contribution in [2.45, 2.75) is 13.0 Å². The minimum Gasteiger partial charge on any atom is -0.397 e. The lowest BCUT2D eigenvalue weighted by atomic mass is 10.2. The van der Waals surface area contributed by atoms with E-state index in [0.717, 1.165) is 0 Å². The number of aromatic nitrogens is 1. The molecule has 1 aromatic heterocycles. The van der Waals surface area contributed by atoms with Gasteiger partial charge in [-0.3, -0.25) is 9.59 Å². The zero-order valence-corrected chi connectivity index (χ0v) is 11.3. The van der Waals surface area contributed by atoms with Crippen LogP contribution in [0.5, 0.6) is 0 Å². The molecular formula is C13H18N4O3. The van der Waals surface area contributed by atoms with Gasteiger partial charge in [-0.1, -0.05) is 0 Å². The number of hydrogen-bond acceptors (Lipinski definition) is 5. The van der Waals surface area contributed by atoms with E-state index < -0.39 is 6.04 Å². The molecule has 2 amide bonds. The number of carbonyl (C=O) groups is 2. The predicted octanol–water partition coefficient (Wildman–Crippen LogP) is -0.359. The second kappa shape index (κ2) is 6.33. The monoisotopic (exact) mass is 278 g/mol. The highest BCUT2D eigenvalue weighted by molar-refractivity contribution is 5.96. The molecule has 0 bridgehead atoms. The summed E-state index contributed by atoms with van der Waals surface area (Å²) in [6.45, 7) is 3.32. The molecule has 7 nitrogen and oxygen atoms in total. The number of anilines is 1. The molecule has 0 radical (unpaired) electrons. The van der Waals surface area contributed by atoms with Crippen LogP contribution in [0, 0.1) is 0 Å². The van der Waals surface area contributed by atoms with Gasteiger partial charge >= 0.3 is 0 Å². The highest BCUT2D eigenvalue weighted by Gasteiger charge is 2.33. The summed E-state index contributed by atoms with van der Waals surface area (Å²) in [6.07, 6.45) is 1.43. The SMILES string of the molecule is CCNC(=O)C1COCCN1C(=O)c1ccc(N)cn1. The van der Waals surface area contributed by atoms with Gasteiger partial charge < -0.3 is 20.7 Å². The summed E-state index contributed by atoms with van der Waals surface area (Å²) in [5.41, 5.74) is 6.31. The van der Waals surface area contributed by atoms with Crippen molar-refractivity contribution < 1.29 is 14.3 Å². The molecule has 0 spiro atoms. The van der Waals surface area contributed by atoms with Crippen LogP contribution in [0.2, 0.25) is 0 Å². The average Bonchev–Trinajstić information content (AvgIpc) is 2.47. The van der Waals surface area contributed by atoms with E-state index in [1.165, 1.54) is 11.1 Å². The standard InChI is InChI=1S/C13H18N4O3/c1-2-15-12(18)11-8-20-6-5-17(11)13(19)10-4-3-9(14)7-16-10/h3-4,7,11H,2,5-6,8,14H2,1H3,(H,15,18). The molecule has 2 heterocycles. The van der Waals surface area contributed by atoms with E-state index in [1.54, 1.807) is 12.1 Å². The van der Waals surface area contributed by atoms with Crippen molar-refractivity contribution >= 4 is 17.5 Å². The molecule has 1 saturated heterocycles. The van der Waals surface area contributed by atoms with Crippen molar-refractivity contribution in [3.63, 3.8) is 0 Å². The highest BCUT2D eigenvalue weighted by atomic mass is 16.5. The Bertz CT molecular complexity index is 489. The van der Waals surface area contributed by atoms with E-state index in [9.17, 15) is 9.59 Å². The van der Waals surface area contributed by atoms with E-state index in [1.807, 2.05) is 6.92 Å². The number of rotatable bonds is 3. The largest absolute Gasteiger partial charge is 0.397 e. The van der Waals surface area contributed by atoms with E-state index in [0.29, 0.717) is 25.4 Å². The predicted molar refractivity (Wildman–Crippen MR) is 73.0 cm³/mol. The van der Waals surface area contributed by atoms with Crippen LogP contribution in [0.4, 0.5) is 5.69 Å². The van der Waals surface area contributed by atoms with Crippen molar-refractivity contribution in [1.29, 1.82) is 0 Å². The van der Waals surface area contributed by atoms with E-state index in [4.69, 9.17) is 10.5 Å². The van der Waals surface area contributed by atoms with Crippen molar-refractivity contribution in [3.8, 4) is 0 Å². The normalized spacial score (nSPS) is 18.6. The fourth-order valence-electron chi connectivity index (χ4n) is 2.03. The fourth-order valence-corrected chi connectivity index (χ4v) is 2.03. The van der Waals surface area contributed by atoms with Crippen molar-refractivity contribution in [2.75, 3.05) is 32.0 Å². The van der Waals surface area contributed by atoms with Gasteiger partial charge in [-0.2, -0.15) is 0 Å². The summed E-state index contributed by atoms with van der Waals surface area (Å²) >= 11 is 0. The van der Waals surface area contributed by atoms with Gasteiger partial charge in [0.25, 0.3) is 5.91 Å². The Morgan fingerprint density at radius 2 is 2.35 bits per heavy atom. The van der Waals surface area contributed by atoms with Crippen LogP contribution in [0.1, 0.15) is 17.4 Å². The molecule has 1 unspecified atom stereocenters. The van der Waals surface area contributed by atoms with E-state index in [-0.39, 0.29) is 24.1 Å². The maximum Gasteiger partial charge on any atom is 0.273 e. The number of carbonyl (C=O) groups excluding carboxylic acids is 2. The topological polar surface area (TPSA) is 97.5 Å². The van der Waals surface area contributed by atoms with Crippen LogP contribution in [-0.2, 0) is 9.53 Å². The van der Waals surface area contributed by atoms with Crippen molar-refractivity contribution in [3.05, 3.63) is 24.0 Å². The third-order valence-corrected chi connectivity index (χ3v) is 3.05. The number of nitrogens with one attached hydrogen (secondary N) is 1. The molecule has 1 fully saturated rings. The summed E-state index contributed by atoms with van der Waals surface area (Å²) in [5, 5.41) is 2.71. The molecule has 108 valence electrons. The Labute approximate surface area is 117 Å². The molecule has 1 aromatic rings. The number of pyridine rings is 1. The summed E-state index contributed by atoms with van der Waals surface area (Å²) in [7, 11) is 0. The lowest BCUT2D eigenvalue weighted by Crippen LogP contribution is -2.56. The van der Waals surface area contributed by atoms with Gasteiger partial charge in [0, 0.05) is 13.1 Å². The Balaban J connectivity index is 2.16. The molecule has 0 aliphatic carbocycles. The van der Waals surface area contributed by atoms with Crippen LogP contribution in [0.25, 0.3) is 0 Å². The van der Waals surface area contributed by atoms with Crippen LogP contribution in [0.15, 0.2) is 18.3 Å². The zero-order chi connectivity index (χ0) is 14.5. The summed E-state index contributed by atoms with van der Waals surface area (Å²) in [4.78, 5) is 29.9. The Morgan fingerprint density at radius 1 is 1.55 bits per heavy atom. The molecule has 0 saturated carbocycles. The molecule has 7 heteroatoms. The summed E-state index contributed by atoms with van der Waals surface area (Å²) in [6, 6.07) is 2.56. The Kier molecular flexibility index (Phi) is 4.52. The lowest BCUT2D eigenvalue weighted by molar-refractivity contribution is -0.130. The minimum atomic E-state index is -0.615. The number of nitrogens with zero attached hydrogens (tertiary/aromatic N) is 2. The van der Waals surface area contributed by atoms with Gasteiger partial charge in [-0.15, -0.1) is 0 Å². The quantitative estimate of drug-likeness (QED) is 0.787. The van der Waals surface area contributed by atoms with Gasteiger partial charge in [0.2, 0.25) is 5.91 Å². The van der Waals surface area contributed by atoms with Gasteiger partial charge in [0.05, 0.1) is 25.1 Å². The van der Waals surface area contributed by atoms with Gasteiger partial charge in [-0.05, 0) is 19.1 Å². The third-order valence-electron chi connectivity index (χ3n) is 3.05. The molecule has 0 aromatic carbocycles. The number of ether oxygens (including phenoxy) is 1. The maximum absolute atomic E-state index is 12.4. The van der Waals surface area contributed by atoms with E-state index >= 15 is 0 Å². The summed E-state index contributed by atoms with van der Waals surface area (Å²) < 4.78 is 5.29. The number of morpholine rings is 1. The molecule has 1 aliphatic heterocycles. The van der Waals surface area contributed by atoms with Crippen LogP contribution in [0.3, 0.4) is 0 Å². The number of amides is 2. The fraction of sp³-hybridized carbons (Fsp3) is 0.462. The second-order valence-corrected chi connectivity index (χ2v) is 4.46. The zero-order valence-electron chi connectivity index (χ0n) is 11.3. The van der Waals surface area contributed by atoms with Crippen LogP contribution in [-0.4, -0.2) is 54.0 Å². The second-order valence-electron chi connectivity index (χ2n) is 4.46. The number of nitrogen functional groups attached to an aromatic ring is 1. The van der Waals surface area contributed by atoms with Crippen LogP contribution < -0.4 is 11.1 Å². The maximum atomic E-state index is 12.4. The van der Waals surface area contributed by atoms with Crippen molar-refractivity contribution in [1.82, 2.24) is 15.2 Å². The molecule has 1 atom stereocenters. The van der Waals surface area contributed by atoms with Gasteiger partial charge in [-0.25, -0.2) is 4.98 Å². The van der Waals surface area contributed by atoms with E-state index in [2.05, 4.69) is 10.3 Å². The lowest BCUT2D eigenvalue weighted by Gasteiger charge is -2.34. The first kappa shape index (κ1) is 14.3. The Morgan fingerprint density at radius 3 is 3.00 bits per heavy atom. The molecule has 1 aliphatic rings. The number of likely N-dealkylation sites (N-methyl/N-ethyl adjacent to an activating group) is 1. The smallest absolute Gasteiger partial charge is 0.273 e.